The summed E-state index contributed by atoms with van der Waals surface area (Å²) in [6.07, 6.45) is 3.28. The van der Waals surface area contributed by atoms with Gasteiger partial charge in [0.05, 0.1) is 23.3 Å². The molecule has 2 heterocycles. The molecule has 0 bridgehead atoms. The number of aromatic nitrogens is 1. The molecule has 1 aliphatic rings. The van der Waals surface area contributed by atoms with Gasteiger partial charge < -0.3 is 15.0 Å². The second-order valence-electron chi connectivity index (χ2n) is 7.40. The first-order chi connectivity index (χ1) is 14.0. The minimum Gasteiger partial charge on any atom is -0.495 e. The number of hydrogen-bond donors (Lipinski definition) is 1. The highest BCUT2D eigenvalue weighted by Gasteiger charge is 2.21. The van der Waals surface area contributed by atoms with Gasteiger partial charge in [-0.05, 0) is 62.6 Å². The second kappa shape index (κ2) is 8.29. The van der Waals surface area contributed by atoms with Gasteiger partial charge in [-0.25, -0.2) is 4.98 Å². The zero-order chi connectivity index (χ0) is 20.4. The van der Waals surface area contributed by atoms with Crippen LogP contribution >= 0.6 is 11.6 Å². The number of piperidine rings is 1. The number of fused-ring (bicyclic) bond motifs is 1. The highest BCUT2D eigenvalue weighted by molar-refractivity contribution is 6.32. The molecule has 6 heteroatoms. The summed E-state index contributed by atoms with van der Waals surface area (Å²) < 4.78 is 5.23. The third-order valence-electron chi connectivity index (χ3n) is 5.26. The summed E-state index contributed by atoms with van der Waals surface area (Å²) in [5.41, 5.74) is 4.04. The van der Waals surface area contributed by atoms with Crippen molar-refractivity contribution in [3.63, 3.8) is 0 Å². The molecule has 0 saturated carbocycles. The standard InChI is InChI=1S/C23H24ClN3O2/c1-15-6-8-19-17(12-15)20(25-16-7-9-22(29-2)18(24)13-16)14-21(26-19)23(28)27-10-4-3-5-11-27/h6-9,12-14H,3-5,10-11H2,1-2H3,(H,25,26). The molecule has 0 spiro atoms. The number of carbonyl (C=O) groups is 1. The van der Waals surface area contributed by atoms with Crippen LogP contribution in [0.3, 0.4) is 0 Å². The molecule has 0 unspecified atom stereocenters. The maximum absolute atomic E-state index is 13.1. The van der Waals surface area contributed by atoms with Crippen molar-refractivity contribution in [2.45, 2.75) is 26.2 Å². The summed E-state index contributed by atoms with van der Waals surface area (Å²) in [6.45, 7) is 3.63. The van der Waals surface area contributed by atoms with Crippen molar-refractivity contribution in [1.29, 1.82) is 0 Å². The van der Waals surface area contributed by atoms with E-state index in [0.717, 1.165) is 53.8 Å². The minimum atomic E-state index is -0.0111. The molecule has 1 saturated heterocycles. The van der Waals surface area contributed by atoms with Crippen LogP contribution in [0.15, 0.2) is 42.5 Å². The fourth-order valence-corrected chi connectivity index (χ4v) is 3.97. The molecule has 4 rings (SSSR count). The lowest BCUT2D eigenvalue weighted by atomic mass is 10.1. The van der Waals surface area contributed by atoms with Gasteiger partial charge in [-0.1, -0.05) is 23.2 Å². The van der Waals surface area contributed by atoms with Crippen molar-refractivity contribution < 1.29 is 9.53 Å². The lowest BCUT2D eigenvalue weighted by Gasteiger charge is -2.26. The fourth-order valence-electron chi connectivity index (χ4n) is 3.71. The van der Waals surface area contributed by atoms with E-state index in [0.29, 0.717) is 16.5 Å². The molecule has 150 valence electrons. The van der Waals surface area contributed by atoms with Crippen LogP contribution in [0.1, 0.15) is 35.3 Å². The van der Waals surface area contributed by atoms with Crippen LogP contribution in [0, 0.1) is 6.92 Å². The first-order valence-corrected chi connectivity index (χ1v) is 10.2. The summed E-state index contributed by atoms with van der Waals surface area (Å²) in [5, 5.41) is 4.90. The molecule has 0 atom stereocenters. The van der Waals surface area contributed by atoms with Crippen molar-refractivity contribution in [2.24, 2.45) is 0 Å². The summed E-state index contributed by atoms with van der Waals surface area (Å²) in [4.78, 5) is 19.6. The fraction of sp³-hybridized carbons (Fsp3) is 0.304. The number of aryl methyl sites for hydroxylation is 1. The Bertz CT molecular complexity index is 1060. The third-order valence-corrected chi connectivity index (χ3v) is 5.55. The van der Waals surface area contributed by atoms with Crippen LogP contribution in [0.4, 0.5) is 11.4 Å². The Balaban J connectivity index is 1.75. The van der Waals surface area contributed by atoms with Crippen LogP contribution < -0.4 is 10.1 Å². The SMILES string of the molecule is COc1ccc(Nc2cc(C(=O)N3CCCCC3)nc3ccc(C)cc23)cc1Cl. The lowest BCUT2D eigenvalue weighted by Crippen LogP contribution is -2.36. The molecule has 1 aliphatic heterocycles. The van der Waals surface area contributed by atoms with E-state index >= 15 is 0 Å². The van der Waals surface area contributed by atoms with E-state index in [-0.39, 0.29) is 5.91 Å². The van der Waals surface area contributed by atoms with Gasteiger partial charge in [0.15, 0.2) is 0 Å². The van der Waals surface area contributed by atoms with Crippen LogP contribution in [0.5, 0.6) is 5.75 Å². The molecule has 1 N–H and O–H groups in total. The Morgan fingerprint density at radius 3 is 2.62 bits per heavy atom. The van der Waals surface area contributed by atoms with Crippen molar-refractivity contribution in [3.05, 3.63) is 58.7 Å². The molecule has 1 amide bonds. The average molecular weight is 410 g/mol. The number of pyridine rings is 1. The van der Waals surface area contributed by atoms with Crippen LogP contribution in [0.2, 0.25) is 5.02 Å². The van der Waals surface area contributed by atoms with E-state index in [4.69, 9.17) is 16.3 Å². The zero-order valence-electron chi connectivity index (χ0n) is 16.7. The number of rotatable bonds is 4. The Hall–Kier alpha value is -2.79. The molecule has 2 aromatic carbocycles. The van der Waals surface area contributed by atoms with Gasteiger partial charge in [-0.3, -0.25) is 4.79 Å². The number of nitrogens with zero attached hydrogens (tertiary/aromatic N) is 2. The Morgan fingerprint density at radius 2 is 1.90 bits per heavy atom. The zero-order valence-corrected chi connectivity index (χ0v) is 17.4. The number of nitrogens with one attached hydrogen (secondary N) is 1. The van der Waals surface area contributed by atoms with Crippen LogP contribution in [-0.4, -0.2) is 36.0 Å². The van der Waals surface area contributed by atoms with Gasteiger partial charge in [-0.2, -0.15) is 0 Å². The number of likely N-dealkylation sites (tertiary alicyclic amines) is 1. The van der Waals surface area contributed by atoms with Gasteiger partial charge in [0.25, 0.3) is 5.91 Å². The van der Waals surface area contributed by atoms with Crippen LogP contribution in [0.25, 0.3) is 10.9 Å². The van der Waals surface area contributed by atoms with Crippen molar-refractivity contribution in [3.8, 4) is 5.75 Å². The van der Waals surface area contributed by atoms with Gasteiger partial charge in [-0.15, -0.1) is 0 Å². The maximum Gasteiger partial charge on any atom is 0.272 e. The summed E-state index contributed by atoms with van der Waals surface area (Å²) in [5.74, 6) is 0.608. The highest BCUT2D eigenvalue weighted by atomic mass is 35.5. The number of hydrogen-bond acceptors (Lipinski definition) is 4. The topological polar surface area (TPSA) is 54.5 Å². The maximum atomic E-state index is 13.1. The molecule has 0 aliphatic carbocycles. The van der Waals surface area contributed by atoms with Crippen LogP contribution in [-0.2, 0) is 0 Å². The molecular formula is C23H24ClN3O2. The van der Waals surface area contributed by atoms with Gasteiger partial charge in [0.2, 0.25) is 0 Å². The van der Waals surface area contributed by atoms with E-state index in [1.807, 2.05) is 48.2 Å². The number of carbonyl (C=O) groups excluding carboxylic acids is 1. The smallest absolute Gasteiger partial charge is 0.272 e. The van der Waals surface area contributed by atoms with Crippen molar-refractivity contribution in [1.82, 2.24) is 9.88 Å². The molecule has 29 heavy (non-hydrogen) atoms. The monoisotopic (exact) mass is 409 g/mol. The lowest BCUT2D eigenvalue weighted by molar-refractivity contribution is 0.0719. The predicted molar refractivity (Wildman–Crippen MR) is 118 cm³/mol. The predicted octanol–water partition coefficient (Wildman–Crippen LogP) is 5.57. The number of amides is 1. The Labute approximate surface area is 175 Å². The number of anilines is 2. The summed E-state index contributed by atoms with van der Waals surface area (Å²) in [6, 6.07) is 13.4. The molecule has 1 aromatic heterocycles. The molecular weight excluding hydrogens is 386 g/mol. The normalized spacial score (nSPS) is 14.1. The van der Waals surface area contributed by atoms with E-state index in [1.165, 1.54) is 6.42 Å². The summed E-state index contributed by atoms with van der Waals surface area (Å²) >= 11 is 6.28. The van der Waals surface area contributed by atoms with E-state index in [2.05, 4.69) is 16.4 Å². The quantitative estimate of drug-likeness (QED) is 0.611. The molecule has 5 nitrogen and oxygen atoms in total. The van der Waals surface area contributed by atoms with Gasteiger partial charge in [0, 0.05) is 24.2 Å². The van der Waals surface area contributed by atoms with Gasteiger partial charge in [0.1, 0.15) is 11.4 Å². The third kappa shape index (κ3) is 4.15. The second-order valence-corrected chi connectivity index (χ2v) is 7.81. The Kier molecular flexibility index (Phi) is 5.58. The highest BCUT2D eigenvalue weighted by Crippen LogP contribution is 2.32. The first kappa shape index (κ1) is 19.5. The number of benzene rings is 2. The Morgan fingerprint density at radius 1 is 1.10 bits per heavy atom. The van der Waals surface area contributed by atoms with E-state index in [1.54, 1.807) is 7.11 Å². The van der Waals surface area contributed by atoms with E-state index in [9.17, 15) is 4.79 Å². The average Bonchev–Trinajstić information content (AvgIpc) is 2.74. The molecule has 0 radical (unpaired) electrons. The summed E-state index contributed by atoms with van der Waals surface area (Å²) in [7, 11) is 1.59. The molecule has 3 aromatic rings. The number of halogens is 1. The van der Waals surface area contributed by atoms with Crippen molar-refractivity contribution >= 4 is 39.8 Å². The van der Waals surface area contributed by atoms with Crippen molar-refractivity contribution in [2.75, 3.05) is 25.5 Å². The molecule has 1 fully saturated rings. The van der Waals surface area contributed by atoms with E-state index < -0.39 is 0 Å². The first-order valence-electron chi connectivity index (χ1n) is 9.86. The minimum absolute atomic E-state index is 0.0111. The van der Waals surface area contributed by atoms with Gasteiger partial charge >= 0.3 is 0 Å². The number of methoxy groups -OCH3 is 1. The number of ether oxygens (including phenoxy) is 1. The largest absolute Gasteiger partial charge is 0.495 e.